The highest BCUT2D eigenvalue weighted by atomic mass is 32.2. The molecule has 1 amide bonds. The zero-order valence-electron chi connectivity index (χ0n) is 17.4. The van der Waals surface area contributed by atoms with Gasteiger partial charge in [-0.25, -0.2) is 12.8 Å². The van der Waals surface area contributed by atoms with Crippen LogP contribution in [0.15, 0.2) is 83.8 Å². The minimum Gasteiger partial charge on any atom is -0.497 e. The SMILES string of the molecule is COc1cccc(OCCNC(=O)CN(c2ccccc2F)S(=O)(=O)c2ccccc2)c1. The summed E-state index contributed by atoms with van der Waals surface area (Å²) >= 11 is 0. The van der Waals surface area contributed by atoms with Crippen molar-refractivity contribution in [3.05, 3.63) is 84.7 Å². The number of anilines is 1. The molecule has 0 radical (unpaired) electrons. The van der Waals surface area contributed by atoms with Crippen LogP contribution in [0.25, 0.3) is 0 Å². The number of halogens is 1. The Bertz CT molecular complexity index is 1160. The summed E-state index contributed by atoms with van der Waals surface area (Å²) in [5.41, 5.74) is -0.209. The first-order valence-electron chi connectivity index (χ1n) is 9.77. The maximum atomic E-state index is 14.4. The van der Waals surface area contributed by atoms with Gasteiger partial charge < -0.3 is 14.8 Å². The molecule has 168 valence electrons. The summed E-state index contributed by atoms with van der Waals surface area (Å²) in [5.74, 6) is -0.139. The van der Waals surface area contributed by atoms with E-state index < -0.39 is 28.3 Å². The van der Waals surface area contributed by atoms with Crippen molar-refractivity contribution in [1.82, 2.24) is 5.32 Å². The maximum Gasteiger partial charge on any atom is 0.264 e. The van der Waals surface area contributed by atoms with Crippen molar-refractivity contribution in [2.24, 2.45) is 0 Å². The van der Waals surface area contributed by atoms with Gasteiger partial charge >= 0.3 is 0 Å². The number of benzene rings is 3. The summed E-state index contributed by atoms with van der Waals surface area (Å²) < 4.78 is 52.1. The van der Waals surface area contributed by atoms with E-state index in [0.717, 1.165) is 10.4 Å². The van der Waals surface area contributed by atoms with Crippen molar-refractivity contribution in [1.29, 1.82) is 0 Å². The number of carbonyl (C=O) groups is 1. The third-order valence-electron chi connectivity index (χ3n) is 4.47. The molecule has 0 aromatic heterocycles. The Kier molecular flexibility index (Phi) is 7.67. The second kappa shape index (κ2) is 10.6. The van der Waals surface area contributed by atoms with E-state index in [2.05, 4.69) is 5.32 Å². The molecule has 9 heteroatoms. The number of hydrogen-bond acceptors (Lipinski definition) is 5. The predicted molar refractivity (Wildman–Crippen MR) is 119 cm³/mol. The smallest absolute Gasteiger partial charge is 0.264 e. The first-order chi connectivity index (χ1) is 15.4. The minimum absolute atomic E-state index is 0.0441. The van der Waals surface area contributed by atoms with Crippen molar-refractivity contribution >= 4 is 21.6 Å². The number of ether oxygens (including phenoxy) is 2. The first kappa shape index (κ1) is 23.1. The van der Waals surface area contributed by atoms with E-state index in [1.165, 1.54) is 30.3 Å². The summed E-state index contributed by atoms with van der Waals surface area (Å²) in [4.78, 5) is 12.5. The Balaban J connectivity index is 1.68. The number of amides is 1. The molecule has 0 spiro atoms. The normalized spacial score (nSPS) is 10.9. The Labute approximate surface area is 186 Å². The van der Waals surface area contributed by atoms with Crippen LogP contribution < -0.4 is 19.1 Å². The van der Waals surface area contributed by atoms with E-state index in [1.54, 1.807) is 49.6 Å². The summed E-state index contributed by atoms with van der Waals surface area (Å²) in [6.07, 6.45) is 0. The van der Waals surface area contributed by atoms with Crippen LogP contribution in [0.5, 0.6) is 11.5 Å². The number of rotatable bonds is 10. The Morgan fingerprint density at radius 1 is 0.969 bits per heavy atom. The highest BCUT2D eigenvalue weighted by Gasteiger charge is 2.28. The lowest BCUT2D eigenvalue weighted by Gasteiger charge is -2.24. The number of nitrogens with one attached hydrogen (secondary N) is 1. The van der Waals surface area contributed by atoms with Gasteiger partial charge in [-0.3, -0.25) is 9.10 Å². The Morgan fingerprint density at radius 3 is 2.38 bits per heavy atom. The van der Waals surface area contributed by atoms with Crippen LogP contribution in [0.4, 0.5) is 10.1 Å². The van der Waals surface area contributed by atoms with Gasteiger partial charge in [-0.15, -0.1) is 0 Å². The highest BCUT2D eigenvalue weighted by Crippen LogP contribution is 2.26. The van der Waals surface area contributed by atoms with E-state index in [1.807, 2.05) is 0 Å². The maximum absolute atomic E-state index is 14.4. The van der Waals surface area contributed by atoms with Crippen molar-refractivity contribution in [2.45, 2.75) is 4.90 Å². The number of hydrogen-bond donors (Lipinski definition) is 1. The zero-order chi connectivity index (χ0) is 23.0. The number of carbonyl (C=O) groups excluding carboxylic acids is 1. The second-order valence-corrected chi connectivity index (χ2v) is 8.52. The molecule has 0 aliphatic heterocycles. The molecule has 1 N–H and O–H groups in total. The van der Waals surface area contributed by atoms with E-state index in [0.29, 0.717) is 11.5 Å². The lowest BCUT2D eigenvalue weighted by Crippen LogP contribution is -2.42. The third-order valence-corrected chi connectivity index (χ3v) is 6.25. The molecule has 0 fully saturated rings. The van der Waals surface area contributed by atoms with Gasteiger partial charge in [-0.05, 0) is 36.4 Å². The van der Waals surface area contributed by atoms with Crippen molar-refractivity contribution in [2.75, 3.05) is 31.1 Å². The Hall–Kier alpha value is -3.59. The van der Waals surface area contributed by atoms with E-state index >= 15 is 0 Å². The molecular weight excluding hydrogens is 435 g/mol. The molecule has 7 nitrogen and oxygen atoms in total. The van der Waals surface area contributed by atoms with E-state index in [4.69, 9.17) is 9.47 Å². The quantitative estimate of drug-likeness (QED) is 0.472. The van der Waals surface area contributed by atoms with Crippen molar-refractivity contribution < 1.29 is 27.1 Å². The van der Waals surface area contributed by atoms with Crippen molar-refractivity contribution in [3.63, 3.8) is 0 Å². The molecule has 0 bridgehead atoms. The molecule has 32 heavy (non-hydrogen) atoms. The van der Waals surface area contributed by atoms with Crippen LogP contribution in [-0.2, 0) is 14.8 Å². The van der Waals surface area contributed by atoms with Gasteiger partial charge in [0.05, 0.1) is 24.2 Å². The van der Waals surface area contributed by atoms with Gasteiger partial charge in [0.15, 0.2) is 0 Å². The van der Waals surface area contributed by atoms with Gasteiger partial charge in [-0.2, -0.15) is 0 Å². The first-order valence-corrected chi connectivity index (χ1v) is 11.2. The van der Waals surface area contributed by atoms with E-state index in [9.17, 15) is 17.6 Å². The fourth-order valence-corrected chi connectivity index (χ4v) is 4.36. The third kappa shape index (κ3) is 5.76. The standard InChI is InChI=1S/C23H23FN2O5S/c1-30-18-8-7-9-19(16-18)31-15-14-25-23(27)17-26(22-13-6-5-12-21(22)24)32(28,29)20-10-3-2-4-11-20/h2-13,16H,14-15,17H2,1H3,(H,25,27). The molecule has 0 unspecified atom stereocenters. The van der Waals surface area contributed by atoms with Gasteiger partial charge in [0.1, 0.15) is 30.5 Å². The summed E-state index contributed by atoms with van der Waals surface area (Å²) in [6.45, 7) is -0.298. The van der Waals surface area contributed by atoms with Crippen LogP contribution in [0.3, 0.4) is 0 Å². The number of sulfonamides is 1. The molecule has 3 rings (SSSR count). The average Bonchev–Trinajstić information content (AvgIpc) is 2.81. The monoisotopic (exact) mass is 458 g/mol. The molecule has 3 aromatic rings. The molecule has 0 aliphatic rings. The molecule has 0 saturated carbocycles. The van der Waals surface area contributed by atoms with E-state index in [-0.39, 0.29) is 23.7 Å². The number of nitrogens with zero attached hydrogens (tertiary/aromatic N) is 1. The van der Waals surface area contributed by atoms with Crippen LogP contribution >= 0.6 is 0 Å². The summed E-state index contributed by atoms with van der Waals surface area (Å²) in [7, 11) is -2.62. The summed E-state index contributed by atoms with van der Waals surface area (Å²) in [5, 5.41) is 2.60. The lowest BCUT2D eigenvalue weighted by molar-refractivity contribution is -0.119. The summed E-state index contributed by atoms with van der Waals surface area (Å²) in [6, 6.07) is 20.0. The topological polar surface area (TPSA) is 84.9 Å². The Morgan fingerprint density at radius 2 is 1.66 bits per heavy atom. The van der Waals surface area contributed by atoms with Crippen LogP contribution in [-0.4, -0.2) is 41.1 Å². The molecule has 0 heterocycles. The molecule has 0 saturated heterocycles. The predicted octanol–water partition coefficient (Wildman–Crippen LogP) is 3.22. The van der Waals surface area contributed by atoms with Gasteiger partial charge in [-0.1, -0.05) is 36.4 Å². The minimum atomic E-state index is -4.17. The van der Waals surface area contributed by atoms with Crippen LogP contribution in [0, 0.1) is 5.82 Å². The van der Waals surface area contributed by atoms with Crippen LogP contribution in [0.2, 0.25) is 0 Å². The average molecular weight is 459 g/mol. The zero-order valence-corrected chi connectivity index (χ0v) is 18.2. The molecule has 0 atom stereocenters. The number of methoxy groups -OCH3 is 1. The van der Waals surface area contributed by atoms with Crippen LogP contribution in [0.1, 0.15) is 0 Å². The van der Waals surface area contributed by atoms with Gasteiger partial charge in [0, 0.05) is 6.07 Å². The fraction of sp³-hybridized carbons (Fsp3) is 0.174. The molecule has 3 aromatic carbocycles. The molecular formula is C23H23FN2O5S. The largest absolute Gasteiger partial charge is 0.497 e. The second-order valence-electron chi connectivity index (χ2n) is 6.65. The van der Waals surface area contributed by atoms with Crippen molar-refractivity contribution in [3.8, 4) is 11.5 Å². The van der Waals surface area contributed by atoms with Gasteiger partial charge in [0.2, 0.25) is 5.91 Å². The molecule has 0 aliphatic carbocycles. The van der Waals surface area contributed by atoms with Gasteiger partial charge in [0.25, 0.3) is 10.0 Å². The highest BCUT2D eigenvalue weighted by molar-refractivity contribution is 7.92. The fourth-order valence-electron chi connectivity index (χ4n) is 2.91. The number of para-hydroxylation sites is 1. The lowest BCUT2D eigenvalue weighted by atomic mass is 10.3.